The van der Waals surface area contributed by atoms with Crippen molar-refractivity contribution in [2.75, 3.05) is 18.3 Å². The number of carbonyl (C=O) groups excluding carboxylic acids is 2. The van der Waals surface area contributed by atoms with Crippen LogP contribution in [-0.2, 0) is 9.59 Å². The lowest BCUT2D eigenvalue weighted by Gasteiger charge is -2.24. The van der Waals surface area contributed by atoms with Crippen molar-refractivity contribution in [3.05, 3.63) is 82.6 Å². The van der Waals surface area contributed by atoms with E-state index in [0.717, 1.165) is 0 Å². The summed E-state index contributed by atoms with van der Waals surface area (Å²) < 4.78 is 16.3. The van der Waals surface area contributed by atoms with Crippen LogP contribution in [0.2, 0.25) is 5.02 Å². The van der Waals surface area contributed by atoms with Gasteiger partial charge in [0.15, 0.2) is 11.5 Å². The van der Waals surface area contributed by atoms with Crippen molar-refractivity contribution in [2.45, 2.75) is 13.0 Å². The minimum Gasteiger partial charge on any atom is -0.507 e. The Hall–Kier alpha value is -4.04. The Bertz CT molecular complexity index is 1320. The number of aliphatic hydroxyl groups is 1. The standard InChI is InChI=1S/C25H19ClN2O6/c1-2-32-15-7-8-17(26)16(12-15)23(29)21-22(18-5-3-4-10-27-18)28(25(31)24(21)30)14-6-9-19-20(11-14)34-13-33-19/h3-12,22,29H,2,13H2,1H3/b23-21+. The Morgan fingerprint density at radius 2 is 1.97 bits per heavy atom. The van der Waals surface area contributed by atoms with Gasteiger partial charge in [0.1, 0.15) is 17.6 Å². The summed E-state index contributed by atoms with van der Waals surface area (Å²) in [5.74, 6) is -0.630. The number of Topliss-reactive ketones (excluding diaryl/α,β-unsaturated/α-hetero) is 1. The van der Waals surface area contributed by atoms with Crippen LogP contribution in [0.5, 0.6) is 17.2 Å². The lowest BCUT2D eigenvalue weighted by molar-refractivity contribution is -0.132. The van der Waals surface area contributed by atoms with Gasteiger partial charge in [0.05, 0.1) is 22.9 Å². The highest BCUT2D eigenvalue weighted by molar-refractivity contribution is 6.52. The molecule has 9 heteroatoms. The Morgan fingerprint density at radius 3 is 2.74 bits per heavy atom. The molecule has 8 nitrogen and oxygen atoms in total. The Labute approximate surface area is 200 Å². The fourth-order valence-corrected chi connectivity index (χ4v) is 4.25. The topological polar surface area (TPSA) is 98.2 Å². The molecule has 1 saturated heterocycles. The molecule has 34 heavy (non-hydrogen) atoms. The number of amides is 1. The number of hydrogen-bond donors (Lipinski definition) is 1. The first-order valence-electron chi connectivity index (χ1n) is 10.5. The number of pyridine rings is 1. The van der Waals surface area contributed by atoms with E-state index in [9.17, 15) is 14.7 Å². The summed E-state index contributed by atoms with van der Waals surface area (Å²) in [6, 6.07) is 13.8. The molecule has 0 bridgehead atoms. The number of ether oxygens (including phenoxy) is 3. The number of aromatic nitrogens is 1. The number of fused-ring (bicyclic) bond motifs is 1. The van der Waals surface area contributed by atoms with Gasteiger partial charge >= 0.3 is 0 Å². The van der Waals surface area contributed by atoms with Crippen LogP contribution in [-0.4, -0.2) is 35.2 Å². The lowest BCUT2D eigenvalue weighted by atomic mass is 9.98. The fraction of sp³-hybridized carbons (Fsp3) is 0.160. The molecule has 3 aromatic rings. The number of hydrogen-bond acceptors (Lipinski definition) is 7. The average Bonchev–Trinajstić information content (AvgIpc) is 3.42. The van der Waals surface area contributed by atoms with Crippen molar-refractivity contribution in [3.8, 4) is 17.2 Å². The van der Waals surface area contributed by atoms with Crippen LogP contribution in [0, 0.1) is 0 Å². The summed E-state index contributed by atoms with van der Waals surface area (Å²) in [7, 11) is 0. The lowest BCUT2D eigenvalue weighted by Crippen LogP contribution is -2.29. The molecule has 1 atom stereocenters. The molecule has 1 fully saturated rings. The van der Waals surface area contributed by atoms with Gasteiger partial charge in [0.25, 0.3) is 11.7 Å². The van der Waals surface area contributed by atoms with Crippen LogP contribution >= 0.6 is 11.6 Å². The predicted octanol–water partition coefficient (Wildman–Crippen LogP) is 4.49. The fourth-order valence-electron chi connectivity index (χ4n) is 4.04. The second kappa shape index (κ2) is 8.72. The van der Waals surface area contributed by atoms with Gasteiger partial charge in [-0.15, -0.1) is 0 Å². The summed E-state index contributed by atoms with van der Waals surface area (Å²) in [5.41, 5.74) is 0.849. The molecule has 2 aliphatic heterocycles. The van der Waals surface area contributed by atoms with E-state index in [-0.39, 0.29) is 23.0 Å². The first kappa shape index (κ1) is 21.8. The van der Waals surface area contributed by atoms with E-state index in [4.69, 9.17) is 25.8 Å². The van der Waals surface area contributed by atoms with Crippen LogP contribution < -0.4 is 19.1 Å². The molecule has 3 heterocycles. The Balaban J connectivity index is 1.70. The largest absolute Gasteiger partial charge is 0.507 e. The third-order valence-corrected chi connectivity index (χ3v) is 5.88. The molecular weight excluding hydrogens is 460 g/mol. The quantitative estimate of drug-likeness (QED) is 0.328. The molecule has 1 unspecified atom stereocenters. The summed E-state index contributed by atoms with van der Waals surface area (Å²) in [6.07, 6.45) is 1.55. The van der Waals surface area contributed by atoms with Gasteiger partial charge in [-0.1, -0.05) is 17.7 Å². The maximum atomic E-state index is 13.3. The highest BCUT2D eigenvalue weighted by atomic mass is 35.5. The van der Waals surface area contributed by atoms with Gasteiger partial charge in [0, 0.05) is 23.5 Å². The Kier molecular flexibility index (Phi) is 5.59. The number of nitrogens with zero attached hydrogens (tertiary/aromatic N) is 2. The average molecular weight is 479 g/mol. The zero-order valence-electron chi connectivity index (χ0n) is 18.0. The molecule has 0 spiro atoms. The zero-order chi connectivity index (χ0) is 23.8. The second-order valence-electron chi connectivity index (χ2n) is 7.54. The molecule has 1 N–H and O–H groups in total. The van der Waals surface area contributed by atoms with E-state index < -0.39 is 23.5 Å². The normalized spacial score (nSPS) is 18.4. The summed E-state index contributed by atoms with van der Waals surface area (Å²) in [6.45, 7) is 2.30. The number of benzene rings is 2. The van der Waals surface area contributed by atoms with E-state index in [1.165, 1.54) is 11.0 Å². The number of ketones is 1. The monoisotopic (exact) mass is 478 g/mol. The maximum absolute atomic E-state index is 13.3. The summed E-state index contributed by atoms with van der Waals surface area (Å²) >= 11 is 6.36. The number of rotatable bonds is 5. The first-order chi connectivity index (χ1) is 16.5. The van der Waals surface area contributed by atoms with Crippen LogP contribution in [0.25, 0.3) is 5.76 Å². The first-order valence-corrected chi connectivity index (χ1v) is 10.9. The molecule has 0 radical (unpaired) electrons. The van der Waals surface area contributed by atoms with Crippen molar-refractivity contribution in [1.82, 2.24) is 4.98 Å². The predicted molar refractivity (Wildman–Crippen MR) is 124 cm³/mol. The van der Waals surface area contributed by atoms with E-state index in [2.05, 4.69) is 4.98 Å². The SMILES string of the molecule is CCOc1ccc(Cl)c(/C(O)=C2\C(=O)C(=O)N(c3ccc4c(c3)OCO4)C2c2ccccn2)c1. The minimum absolute atomic E-state index is 0.0654. The number of carbonyl (C=O) groups is 2. The van der Waals surface area contributed by atoms with Gasteiger partial charge in [-0.05, 0) is 49.4 Å². The van der Waals surface area contributed by atoms with Crippen molar-refractivity contribution >= 4 is 34.7 Å². The smallest absolute Gasteiger partial charge is 0.300 e. The molecule has 0 aliphatic carbocycles. The molecule has 1 amide bonds. The van der Waals surface area contributed by atoms with Crippen molar-refractivity contribution in [1.29, 1.82) is 0 Å². The van der Waals surface area contributed by atoms with E-state index in [0.29, 0.717) is 35.2 Å². The number of anilines is 1. The second-order valence-corrected chi connectivity index (χ2v) is 7.94. The van der Waals surface area contributed by atoms with Crippen LogP contribution in [0.1, 0.15) is 24.2 Å². The third-order valence-electron chi connectivity index (χ3n) is 5.55. The highest BCUT2D eigenvalue weighted by Crippen LogP contribution is 2.45. The van der Waals surface area contributed by atoms with E-state index in [1.807, 2.05) is 6.92 Å². The summed E-state index contributed by atoms with van der Waals surface area (Å²) in [4.78, 5) is 32.2. The Morgan fingerprint density at radius 1 is 1.15 bits per heavy atom. The van der Waals surface area contributed by atoms with Gasteiger partial charge < -0.3 is 19.3 Å². The van der Waals surface area contributed by atoms with Gasteiger partial charge in [-0.25, -0.2) is 0 Å². The van der Waals surface area contributed by atoms with Crippen LogP contribution in [0.3, 0.4) is 0 Å². The molecule has 0 saturated carbocycles. The van der Waals surface area contributed by atoms with Crippen molar-refractivity contribution in [3.63, 3.8) is 0 Å². The number of halogens is 1. The molecule has 2 aromatic carbocycles. The molecule has 1 aromatic heterocycles. The van der Waals surface area contributed by atoms with Gasteiger partial charge in [-0.2, -0.15) is 0 Å². The van der Waals surface area contributed by atoms with Gasteiger partial charge in [0.2, 0.25) is 6.79 Å². The minimum atomic E-state index is -0.992. The van der Waals surface area contributed by atoms with Crippen LogP contribution in [0.4, 0.5) is 5.69 Å². The highest BCUT2D eigenvalue weighted by Gasteiger charge is 2.48. The molecule has 2 aliphatic rings. The molecule has 5 rings (SSSR count). The van der Waals surface area contributed by atoms with Crippen molar-refractivity contribution in [2.24, 2.45) is 0 Å². The van der Waals surface area contributed by atoms with Gasteiger partial charge in [-0.3, -0.25) is 19.5 Å². The van der Waals surface area contributed by atoms with Crippen LogP contribution in [0.15, 0.2) is 66.4 Å². The van der Waals surface area contributed by atoms with Crippen molar-refractivity contribution < 1.29 is 28.9 Å². The molecule has 172 valence electrons. The van der Waals surface area contributed by atoms with E-state index >= 15 is 0 Å². The zero-order valence-corrected chi connectivity index (χ0v) is 18.8. The third kappa shape index (κ3) is 3.62. The number of aliphatic hydroxyl groups excluding tert-OH is 1. The summed E-state index contributed by atoms with van der Waals surface area (Å²) in [5, 5.41) is 11.5. The maximum Gasteiger partial charge on any atom is 0.300 e. The van der Waals surface area contributed by atoms with E-state index in [1.54, 1.807) is 54.7 Å². The molecular formula is C25H19ClN2O6.